The first-order chi connectivity index (χ1) is 8.20. The lowest BCUT2D eigenvalue weighted by atomic mass is 10.2. The van der Waals surface area contributed by atoms with Crippen LogP contribution in [0.2, 0.25) is 0 Å². The smallest absolute Gasteiger partial charge is 0.320 e. The molecule has 1 unspecified atom stereocenters. The Balaban J connectivity index is 1.97. The molecule has 0 bridgehead atoms. The van der Waals surface area contributed by atoms with Crippen LogP contribution in [0, 0.1) is 0 Å². The van der Waals surface area contributed by atoms with Crippen LogP contribution in [0.1, 0.15) is 31.7 Å². The topological polar surface area (TPSA) is 58.4 Å². The average molecular weight is 237 g/mol. The Morgan fingerprint density at radius 3 is 3.18 bits per heavy atom. The highest BCUT2D eigenvalue weighted by atomic mass is 16.4. The third-order valence-corrected chi connectivity index (χ3v) is 3.17. The zero-order valence-corrected chi connectivity index (χ0v) is 10.2. The van der Waals surface area contributed by atoms with Crippen molar-refractivity contribution < 1.29 is 9.90 Å². The molecule has 1 atom stereocenters. The molecule has 1 fully saturated rings. The lowest BCUT2D eigenvalue weighted by Gasteiger charge is -2.19. The SMILES string of the molecule is CCCn1cc(CN2CCCC2C(=O)O)cn1. The van der Waals surface area contributed by atoms with Crippen LogP contribution in [0.25, 0.3) is 0 Å². The number of likely N-dealkylation sites (tertiary alicyclic amines) is 1. The van der Waals surface area contributed by atoms with Crippen LogP contribution in [0.4, 0.5) is 0 Å². The number of aryl methyl sites for hydroxylation is 1. The number of hydrogen-bond acceptors (Lipinski definition) is 3. The maximum atomic E-state index is 11.0. The second kappa shape index (κ2) is 5.31. The molecule has 0 amide bonds. The van der Waals surface area contributed by atoms with Crippen LogP contribution in [0.5, 0.6) is 0 Å². The molecule has 1 aliphatic rings. The average Bonchev–Trinajstić information content (AvgIpc) is 2.89. The van der Waals surface area contributed by atoms with Gasteiger partial charge >= 0.3 is 5.97 Å². The fourth-order valence-corrected chi connectivity index (χ4v) is 2.37. The van der Waals surface area contributed by atoms with Crippen molar-refractivity contribution in [1.82, 2.24) is 14.7 Å². The molecule has 2 heterocycles. The highest BCUT2D eigenvalue weighted by molar-refractivity contribution is 5.73. The number of aliphatic carboxylic acids is 1. The molecule has 1 N–H and O–H groups in total. The fourth-order valence-electron chi connectivity index (χ4n) is 2.37. The van der Waals surface area contributed by atoms with E-state index in [1.807, 2.05) is 22.0 Å². The van der Waals surface area contributed by atoms with Gasteiger partial charge in [-0.05, 0) is 25.8 Å². The van der Waals surface area contributed by atoms with E-state index < -0.39 is 5.97 Å². The molecule has 0 spiro atoms. The van der Waals surface area contributed by atoms with Gasteiger partial charge in [-0.2, -0.15) is 5.10 Å². The van der Waals surface area contributed by atoms with E-state index in [0.717, 1.165) is 37.9 Å². The van der Waals surface area contributed by atoms with Crippen LogP contribution in [0.3, 0.4) is 0 Å². The third-order valence-electron chi connectivity index (χ3n) is 3.17. The zero-order chi connectivity index (χ0) is 12.3. The van der Waals surface area contributed by atoms with E-state index in [9.17, 15) is 4.79 Å². The van der Waals surface area contributed by atoms with Crippen LogP contribution < -0.4 is 0 Å². The molecule has 0 aliphatic carbocycles. The van der Waals surface area contributed by atoms with Gasteiger partial charge in [0.15, 0.2) is 0 Å². The molecule has 0 saturated carbocycles. The van der Waals surface area contributed by atoms with Crippen LogP contribution in [-0.2, 0) is 17.9 Å². The van der Waals surface area contributed by atoms with Crippen molar-refractivity contribution in [3.63, 3.8) is 0 Å². The standard InChI is InChI=1S/C12H19N3O2/c1-2-5-15-9-10(7-13-15)8-14-6-3-4-11(14)12(16)17/h7,9,11H,2-6,8H2,1H3,(H,16,17). The van der Waals surface area contributed by atoms with Crippen molar-refractivity contribution >= 4 is 5.97 Å². The fraction of sp³-hybridized carbons (Fsp3) is 0.667. The first kappa shape index (κ1) is 12.1. The van der Waals surface area contributed by atoms with Crippen LogP contribution >= 0.6 is 0 Å². The summed E-state index contributed by atoms with van der Waals surface area (Å²) in [5.41, 5.74) is 1.10. The molecule has 94 valence electrons. The molecule has 1 saturated heterocycles. The molecule has 0 radical (unpaired) electrons. The normalized spacial score (nSPS) is 20.9. The number of aromatic nitrogens is 2. The zero-order valence-electron chi connectivity index (χ0n) is 10.2. The van der Waals surface area contributed by atoms with Gasteiger partial charge < -0.3 is 5.11 Å². The lowest BCUT2D eigenvalue weighted by molar-refractivity contribution is -0.142. The molecular formula is C12H19N3O2. The lowest BCUT2D eigenvalue weighted by Crippen LogP contribution is -2.35. The van der Waals surface area contributed by atoms with Gasteiger partial charge in [-0.25, -0.2) is 0 Å². The van der Waals surface area contributed by atoms with Crippen molar-refractivity contribution in [1.29, 1.82) is 0 Å². The van der Waals surface area contributed by atoms with E-state index in [1.54, 1.807) is 0 Å². The molecule has 1 aromatic heterocycles. The number of rotatable bonds is 5. The molecular weight excluding hydrogens is 218 g/mol. The number of nitrogens with zero attached hydrogens (tertiary/aromatic N) is 3. The summed E-state index contributed by atoms with van der Waals surface area (Å²) in [5, 5.41) is 13.3. The summed E-state index contributed by atoms with van der Waals surface area (Å²) in [6.07, 6.45) is 6.65. The van der Waals surface area contributed by atoms with E-state index >= 15 is 0 Å². The minimum atomic E-state index is -0.705. The highest BCUT2D eigenvalue weighted by Gasteiger charge is 2.30. The quantitative estimate of drug-likeness (QED) is 0.839. The van der Waals surface area contributed by atoms with Crippen molar-refractivity contribution in [3.8, 4) is 0 Å². The molecule has 2 rings (SSSR count). The van der Waals surface area contributed by atoms with E-state index in [4.69, 9.17) is 5.11 Å². The van der Waals surface area contributed by atoms with Gasteiger partial charge in [0, 0.05) is 24.8 Å². The van der Waals surface area contributed by atoms with Gasteiger partial charge in [-0.15, -0.1) is 0 Å². The predicted octanol–water partition coefficient (Wildman–Crippen LogP) is 1.34. The van der Waals surface area contributed by atoms with Crippen LogP contribution in [0.15, 0.2) is 12.4 Å². The van der Waals surface area contributed by atoms with Crippen molar-refractivity contribution in [2.24, 2.45) is 0 Å². The van der Waals surface area contributed by atoms with E-state index in [1.165, 1.54) is 0 Å². The molecule has 5 heteroatoms. The third kappa shape index (κ3) is 2.85. The Kier molecular flexibility index (Phi) is 3.78. The Morgan fingerprint density at radius 2 is 2.47 bits per heavy atom. The largest absolute Gasteiger partial charge is 0.480 e. The second-order valence-corrected chi connectivity index (χ2v) is 4.58. The first-order valence-corrected chi connectivity index (χ1v) is 6.19. The summed E-state index contributed by atoms with van der Waals surface area (Å²) in [6.45, 7) is 4.60. The van der Waals surface area contributed by atoms with Gasteiger partial charge in [0.2, 0.25) is 0 Å². The monoisotopic (exact) mass is 237 g/mol. The maximum absolute atomic E-state index is 11.0. The molecule has 5 nitrogen and oxygen atoms in total. The summed E-state index contributed by atoms with van der Waals surface area (Å²) >= 11 is 0. The number of hydrogen-bond donors (Lipinski definition) is 1. The van der Waals surface area contributed by atoms with Gasteiger partial charge in [0.05, 0.1) is 6.20 Å². The summed E-state index contributed by atoms with van der Waals surface area (Å²) in [6, 6.07) is -0.315. The summed E-state index contributed by atoms with van der Waals surface area (Å²) < 4.78 is 1.92. The molecule has 1 aliphatic heterocycles. The predicted molar refractivity (Wildman–Crippen MR) is 63.6 cm³/mol. The maximum Gasteiger partial charge on any atom is 0.320 e. The molecule has 1 aromatic rings. The van der Waals surface area contributed by atoms with Crippen LogP contribution in [-0.4, -0.2) is 38.3 Å². The van der Waals surface area contributed by atoms with Gasteiger partial charge in [0.1, 0.15) is 6.04 Å². The molecule has 17 heavy (non-hydrogen) atoms. The summed E-state index contributed by atoms with van der Waals surface area (Å²) in [5.74, 6) is -0.705. The van der Waals surface area contributed by atoms with E-state index in [0.29, 0.717) is 6.54 Å². The Hall–Kier alpha value is -1.36. The highest BCUT2D eigenvalue weighted by Crippen LogP contribution is 2.19. The Morgan fingerprint density at radius 1 is 1.65 bits per heavy atom. The van der Waals surface area contributed by atoms with Gasteiger partial charge in [-0.3, -0.25) is 14.4 Å². The summed E-state index contributed by atoms with van der Waals surface area (Å²) in [7, 11) is 0. The Bertz CT molecular complexity index is 389. The van der Waals surface area contributed by atoms with Crippen molar-refractivity contribution in [2.45, 2.75) is 45.3 Å². The molecule has 0 aromatic carbocycles. The first-order valence-electron chi connectivity index (χ1n) is 6.19. The summed E-state index contributed by atoms with van der Waals surface area (Å²) in [4.78, 5) is 13.1. The number of carboxylic acids is 1. The van der Waals surface area contributed by atoms with Crippen molar-refractivity contribution in [3.05, 3.63) is 18.0 Å². The minimum Gasteiger partial charge on any atom is -0.480 e. The second-order valence-electron chi connectivity index (χ2n) is 4.58. The number of carboxylic acid groups (broad SMARTS) is 1. The van der Waals surface area contributed by atoms with Crippen molar-refractivity contribution in [2.75, 3.05) is 6.54 Å². The van der Waals surface area contributed by atoms with Gasteiger partial charge in [0.25, 0.3) is 0 Å². The Labute approximate surface area is 101 Å². The van der Waals surface area contributed by atoms with E-state index in [2.05, 4.69) is 12.0 Å². The number of carbonyl (C=O) groups is 1. The van der Waals surface area contributed by atoms with E-state index in [-0.39, 0.29) is 6.04 Å². The minimum absolute atomic E-state index is 0.315. The van der Waals surface area contributed by atoms with Gasteiger partial charge in [-0.1, -0.05) is 6.92 Å².